The number of aliphatic hydroxyl groups excluding tert-OH is 3. The Morgan fingerprint density at radius 3 is 2.07 bits per heavy atom. The second-order valence-electron chi connectivity index (χ2n) is 16.4. The number of Topliss-reactive ketones (excluding diaryl/α,β-unsaturated/α-hetero) is 1. The van der Waals surface area contributed by atoms with Gasteiger partial charge in [-0.15, -0.1) is 0 Å². The van der Waals surface area contributed by atoms with E-state index in [1.807, 2.05) is 0 Å². The predicted octanol–water partition coefficient (Wildman–Crippen LogP) is 3.36. The molecule has 1 aliphatic heterocycles. The van der Waals surface area contributed by atoms with Gasteiger partial charge in [-0.3, -0.25) is 9.59 Å². The van der Waals surface area contributed by atoms with E-state index in [-0.39, 0.29) is 35.3 Å². The number of carbonyl (C=O) groups excluding carboxylic acids is 4. The molecule has 11 atom stereocenters. The topological polar surface area (TPSA) is 209 Å². The Labute approximate surface area is 337 Å². The number of ketones is 1. The van der Waals surface area contributed by atoms with Gasteiger partial charge in [-0.25, -0.2) is 9.59 Å². The van der Waals surface area contributed by atoms with Gasteiger partial charge in [-0.05, 0) is 67.0 Å². The summed E-state index contributed by atoms with van der Waals surface area (Å²) in [7, 11) is 0. The molecule has 1 heterocycles. The molecule has 0 aromatic heterocycles. The molecule has 4 aliphatic rings. The van der Waals surface area contributed by atoms with Gasteiger partial charge < -0.3 is 45.1 Å². The van der Waals surface area contributed by atoms with E-state index >= 15 is 0 Å². The van der Waals surface area contributed by atoms with E-state index in [0.717, 1.165) is 0 Å². The molecule has 13 nitrogen and oxygen atoms in total. The summed E-state index contributed by atoms with van der Waals surface area (Å²) in [6.07, 6.45) is -10.3. The molecular formula is C43H46BrNO12. The van der Waals surface area contributed by atoms with Gasteiger partial charge in [0.15, 0.2) is 11.9 Å². The third kappa shape index (κ3) is 6.55. The van der Waals surface area contributed by atoms with Gasteiger partial charge in [0.1, 0.15) is 29.5 Å². The van der Waals surface area contributed by atoms with Gasteiger partial charge in [-0.2, -0.15) is 0 Å². The minimum absolute atomic E-state index is 0.0398. The van der Waals surface area contributed by atoms with E-state index in [2.05, 4.69) is 21.2 Å². The third-order valence-electron chi connectivity index (χ3n) is 13.0. The summed E-state index contributed by atoms with van der Waals surface area (Å²) in [6.45, 7) is 5.71. The first-order chi connectivity index (χ1) is 26.9. The van der Waals surface area contributed by atoms with E-state index < -0.39 is 101 Å². The highest BCUT2D eigenvalue weighted by Gasteiger charge is 2.76. The second kappa shape index (κ2) is 14.8. The standard InChI is InChI=1S/C43H46BrNO12/c1-22-27(56-39(52)33(48)31(23-15-17-26(44)18-16-23)45-37(50)24-11-7-5-8-12-24)20-43(54)36(57-38(51)25-13-9-6-10-14-25)34-41(4,28(46)19-29-42(34,53)21-55-29)35(49)32(47)30(22)40(43,2)3/h5-18,27-29,31-34,36,46-48,53-54H,19-21H2,1-4H3,(H,45,50)/t27?,28?,29?,31-,32?,33?,34?,36?,41+,42-,43?/m0/s1. The van der Waals surface area contributed by atoms with Crippen LogP contribution in [0.1, 0.15) is 72.9 Å². The number of carbonyl (C=O) groups is 4. The molecule has 3 fully saturated rings. The van der Waals surface area contributed by atoms with E-state index in [4.69, 9.17) is 14.2 Å². The summed E-state index contributed by atoms with van der Waals surface area (Å²) in [5.41, 5.74) is -6.90. The maximum absolute atomic E-state index is 14.7. The van der Waals surface area contributed by atoms with E-state index in [9.17, 15) is 44.7 Å². The summed E-state index contributed by atoms with van der Waals surface area (Å²) in [5, 5.41) is 63.7. The van der Waals surface area contributed by atoms with Crippen molar-refractivity contribution < 1.29 is 58.9 Å². The van der Waals surface area contributed by atoms with Crippen molar-refractivity contribution in [2.45, 2.75) is 94.4 Å². The quantitative estimate of drug-likeness (QED) is 0.143. The van der Waals surface area contributed by atoms with Crippen molar-refractivity contribution in [3.8, 4) is 0 Å². The van der Waals surface area contributed by atoms with Crippen LogP contribution in [0, 0.1) is 16.7 Å². The third-order valence-corrected chi connectivity index (χ3v) is 13.5. The Bertz CT molecular complexity index is 2090. The number of aliphatic hydroxyl groups is 5. The molecule has 57 heavy (non-hydrogen) atoms. The molecule has 0 radical (unpaired) electrons. The highest BCUT2D eigenvalue weighted by Crippen LogP contribution is 2.63. The van der Waals surface area contributed by atoms with Gasteiger partial charge in [0.2, 0.25) is 0 Å². The number of nitrogens with one attached hydrogen (secondary N) is 1. The molecule has 6 N–H and O–H groups in total. The van der Waals surface area contributed by atoms with Gasteiger partial charge in [0, 0.05) is 34.2 Å². The first-order valence-electron chi connectivity index (χ1n) is 18.8. The Morgan fingerprint density at radius 2 is 1.49 bits per heavy atom. The lowest BCUT2D eigenvalue weighted by Gasteiger charge is -2.66. The number of benzene rings is 3. The number of ether oxygens (including phenoxy) is 3. The zero-order chi connectivity index (χ0) is 41.2. The van der Waals surface area contributed by atoms with Crippen LogP contribution in [0.5, 0.6) is 0 Å². The molecule has 3 aliphatic carbocycles. The van der Waals surface area contributed by atoms with Crippen molar-refractivity contribution >= 4 is 39.6 Å². The first kappa shape index (κ1) is 40.9. The van der Waals surface area contributed by atoms with Crippen LogP contribution in [0.25, 0.3) is 0 Å². The number of rotatable bonds is 8. The maximum atomic E-state index is 14.7. The molecule has 302 valence electrons. The molecule has 14 heteroatoms. The Kier molecular flexibility index (Phi) is 10.6. The van der Waals surface area contributed by atoms with E-state index in [0.29, 0.717) is 10.0 Å². The molecule has 3 aromatic carbocycles. The zero-order valence-electron chi connectivity index (χ0n) is 31.8. The Balaban J connectivity index is 1.31. The number of hydrogen-bond acceptors (Lipinski definition) is 12. The predicted molar refractivity (Wildman–Crippen MR) is 206 cm³/mol. The summed E-state index contributed by atoms with van der Waals surface area (Å²) < 4.78 is 18.6. The lowest BCUT2D eigenvalue weighted by molar-refractivity contribution is -0.343. The van der Waals surface area contributed by atoms with Crippen LogP contribution in [0.4, 0.5) is 0 Å². The largest absolute Gasteiger partial charge is 0.456 e. The first-order valence-corrected chi connectivity index (χ1v) is 19.6. The fraction of sp³-hybridized carbons (Fsp3) is 0.442. The number of hydrogen-bond donors (Lipinski definition) is 6. The SMILES string of the molecule is CC1=C2C(O)C(=O)[C@]3(C)C(O)CC4OC[C@@]4(O)C3C(OC(=O)c3ccccc3)C(O)(CC1OC(=O)C(O)[C@@H](NC(=O)c1ccccc1)c1ccc(Br)cc1)C2(C)C. The summed E-state index contributed by atoms with van der Waals surface area (Å²) in [4.78, 5) is 56.2. The van der Waals surface area contributed by atoms with E-state index in [1.165, 1.54) is 26.0 Å². The van der Waals surface area contributed by atoms with Crippen molar-refractivity contribution in [3.05, 3.63) is 117 Å². The van der Waals surface area contributed by atoms with Crippen LogP contribution in [0.3, 0.4) is 0 Å². The molecule has 2 saturated carbocycles. The van der Waals surface area contributed by atoms with Gasteiger partial charge in [-0.1, -0.05) is 78.3 Å². The van der Waals surface area contributed by atoms with E-state index in [1.54, 1.807) is 86.6 Å². The van der Waals surface area contributed by atoms with Crippen LogP contribution >= 0.6 is 15.9 Å². The summed E-state index contributed by atoms with van der Waals surface area (Å²) >= 11 is 3.37. The van der Waals surface area contributed by atoms with Crippen molar-refractivity contribution in [1.29, 1.82) is 0 Å². The maximum Gasteiger partial charge on any atom is 0.338 e. The number of fused-ring (bicyclic) bond motifs is 5. The molecule has 1 saturated heterocycles. The molecule has 3 aromatic rings. The van der Waals surface area contributed by atoms with Crippen molar-refractivity contribution in [2.75, 3.05) is 6.61 Å². The van der Waals surface area contributed by atoms with Crippen LogP contribution in [0.2, 0.25) is 0 Å². The second-order valence-corrected chi connectivity index (χ2v) is 17.3. The molecule has 0 spiro atoms. The smallest absolute Gasteiger partial charge is 0.338 e. The average Bonchev–Trinajstić information content (AvgIpc) is 3.19. The molecule has 1 amide bonds. The number of esters is 2. The lowest BCUT2D eigenvalue weighted by Crippen LogP contribution is -2.81. The van der Waals surface area contributed by atoms with Crippen molar-refractivity contribution in [3.63, 3.8) is 0 Å². The zero-order valence-corrected chi connectivity index (χ0v) is 33.4. The molecular weight excluding hydrogens is 802 g/mol. The highest BCUT2D eigenvalue weighted by atomic mass is 79.9. The molecule has 7 rings (SSSR count). The normalized spacial score (nSPS) is 33.9. The number of halogens is 1. The van der Waals surface area contributed by atoms with Gasteiger partial charge >= 0.3 is 11.9 Å². The lowest BCUT2D eigenvalue weighted by atomic mass is 9.44. The Morgan fingerprint density at radius 1 is 0.895 bits per heavy atom. The molecule has 2 bridgehead atoms. The van der Waals surface area contributed by atoms with Gasteiger partial charge in [0.05, 0.1) is 35.8 Å². The fourth-order valence-electron chi connectivity index (χ4n) is 9.55. The minimum Gasteiger partial charge on any atom is -0.456 e. The van der Waals surface area contributed by atoms with Crippen molar-refractivity contribution in [2.24, 2.45) is 16.7 Å². The molecule has 8 unspecified atom stereocenters. The minimum atomic E-state index is -2.31. The average molecular weight is 849 g/mol. The number of amides is 1. The van der Waals surface area contributed by atoms with Crippen LogP contribution < -0.4 is 5.32 Å². The summed E-state index contributed by atoms with van der Waals surface area (Å²) in [5.74, 6) is -5.10. The van der Waals surface area contributed by atoms with Crippen LogP contribution in [0.15, 0.2) is 101 Å². The van der Waals surface area contributed by atoms with Gasteiger partial charge in [0.25, 0.3) is 5.91 Å². The van der Waals surface area contributed by atoms with Crippen LogP contribution in [-0.2, 0) is 23.8 Å². The monoisotopic (exact) mass is 847 g/mol. The van der Waals surface area contributed by atoms with Crippen molar-refractivity contribution in [1.82, 2.24) is 5.32 Å². The van der Waals surface area contributed by atoms with Crippen LogP contribution in [-0.4, -0.2) is 104 Å². The summed E-state index contributed by atoms with van der Waals surface area (Å²) in [6, 6.07) is 21.4. The Hall–Kier alpha value is -4.28. The highest BCUT2D eigenvalue weighted by molar-refractivity contribution is 9.10. The fourth-order valence-corrected chi connectivity index (χ4v) is 9.82.